The van der Waals surface area contributed by atoms with Crippen LogP contribution in [-0.4, -0.2) is 35.3 Å². The lowest BCUT2D eigenvalue weighted by Gasteiger charge is -2.06. The summed E-state index contributed by atoms with van der Waals surface area (Å²) in [6.45, 7) is 0. The van der Waals surface area contributed by atoms with Crippen LogP contribution in [0, 0.1) is 0 Å². The fourth-order valence-corrected chi connectivity index (χ4v) is 1.56. The minimum absolute atomic E-state index is 0.640. The van der Waals surface area contributed by atoms with Gasteiger partial charge in [-0.3, -0.25) is 0 Å². The molecule has 0 aliphatic heterocycles. The van der Waals surface area contributed by atoms with Crippen LogP contribution in [0.2, 0.25) is 5.02 Å². The lowest BCUT2D eigenvalue weighted by atomic mass is 10.1. The van der Waals surface area contributed by atoms with E-state index < -0.39 is 0 Å². The Labute approximate surface area is 111 Å². The van der Waals surface area contributed by atoms with Gasteiger partial charge in [-0.15, -0.1) is 0 Å². The first-order chi connectivity index (χ1) is 8.66. The standard InChI is InChI=1S/C13H13ClN4/c1-18(2)9-17-13-12(7-15-8-16-13)10-3-5-11(14)6-4-10/h3-9H,1-2H3. The van der Waals surface area contributed by atoms with Crippen molar-refractivity contribution < 1.29 is 0 Å². The molecule has 0 aliphatic rings. The second-order valence-corrected chi connectivity index (χ2v) is 4.41. The van der Waals surface area contributed by atoms with Crippen LogP contribution in [0.1, 0.15) is 0 Å². The van der Waals surface area contributed by atoms with Gasteiger partial charge in [-0.05, 0) is 17.7 Å². The molecule has 1 aromatic heterocycles. The zero-order valence-corrected chi connectivity index (χ0v) is 11.0. The maximum Gasteiger partial charge on any atom is 0.164 e. The third kappa shape index (κ3) is 3.05. The Morgan fingerprint density at radius 3 is 2.61 bits per heavy atom. The smallest absolute Gasteiger partial charge is 0.164 e. The summed E-state index contributed by atoms with van der Waals surface area (Å²) in [6.07, 6.45) is 4.95. The number of halogens is 1. The summed E-state index contributed by atoms with van der Waals surface area (Å²) in [5.74, 6) is 0.640. The van der Waals surface area contributed by atoms with E-state index in [1.807, 2.05) is 43.3 Å². The predicted octanol–water partition coefficient (Wildman–Crippen LogP) is 3.02. The molecule has 0 saturated heterocycles. The summed E-state index contributed by atoms with van der Waals surface area (Å²) in [7, 11) is 3.82. The Morgan fingerprint density at radius 1 is 1.22 bits per heavy atom. The molecule has 92 valence electrons. The van der Waals surface area contributed by atoms with Crippen molar-refractivity contribution in [3.8, 4) is 11.1 Å². The lowest BCUT2D eigenvalue weighted by molar-refractivity contribution is 0.643. The number of aliphatic imine (C=N–C) groups is 1. The lowest BCUT2D eigenvalue weighted by Crippen LogP contribution is -2.07. The number of benzene rings is 1. The maximum absolute atomic E-state index is 5.87. The summed E-state index contributed by atoms with van der Waals surface area (Å²) in [6, 6.07) is 7.53. The zero-order chi connectivity index (χ0) is 13.0. The van der Waals surface area contributed by atoms with Crippen LogP contribution in [0.15, 0.2) is 41.8 Å². The molecule has 0 radical (unpaired) electrons. The van der Waals surface area contributed by atoms with Crippen LogP contribution in [0.4, 0.5) is 5.82 Å². The molecule has 5 heteroatoms. The zero-order valence-electron chi connectivity index (χ0n) is 10.2. The van der Waals surface area contributed by atoms with Gasteiger partial charge in [0, 0.05) is 30.9 Å². The average molecular weight is 261 g/mol. The maximum atomic E-state index is 5.87. The van der Waals surface area contributed by atoms with Gasteiger partial charge >= 0.3 is 0 Å². The summed E-state index contributed by atoms with van der Waals surface area (Å²) in [4.78, 5) is 14.4. The van der Waals surface area contributed by atoms with Crippen molar-refractivity contribution in [3.63, 3.8) is 0 Å². The summed E-state index contributed by atoms with van der Waals surface area (Å²) in [5, 5.41) is 0.703. The molecule has 0 atom stereocenters. The molecule has 1 aromatic carbocycles. The van der Waals surface area contributed by atoms with Crippen LogP contribution in [0.25, 0.3) is 11.1 Å². The van der Waals surface area contributed by atoms with Gasteiger partial charge in [0.05, 0.1) is 6.34 Å². The van der Waals surface area contributed by atoms with E-state index in [0.717, 1.165) is 11.1 Å². The molecular formula is C13H13ClN4. The number of hydrogen-bond acceptors (Lipinski definition) is 3. The second kappa shape index (κ2) is 5.60. The fraction of sp³-hybridized carbons (Fsp3) is 0.154. The minimum Gasteiger partial charge on any atom is -0.369 e. The van der Waals surface area contributed by atoms with Crippen molar-refractivity contribution in [1.29, 1.82) is 0 Å². The largest absolute Gasteiger partial charge is 0.369 e. The van der Waals surface area contributed by atoms with E-state index in [9.17, 15) is 0 Å². The normalized spacial score (nSPS) is 10.8. The van der Waals surface area contributed by atoms with Gasteiger partial charge in [-0.25, -0.2) is 15.0 Å². The highest BCUT2D eigenvalue weighted by Crippen LogP contribution is 2.27. The first kappa shape index (κ1) is 12.5. The molecule has 0 N–H and O–H groups in total. The quantitative estimate of drug-likeness (QED) is 0.629. The summed E-state index contributed by atoms with van der Waals surface area (Å²) >= 11 is 5.87. The highest BCUT2D eigenvalue weighted by molar-refractivity contribution is 6.30. The van der Waals surface area contributed by atoms with Crippen LogP contribution in [0.5, 0.6) is 0 Å². The van der Waals surface area contributed by atoms with E-state index >= 15 is 0 Å². The van der Waals surface area contributed by atoms with Crippen molar-refractivity contribution in [2.45, 2.75) is 0 Å². The topological polar surface area (TPSA) is 41.4 Å². The van der Waals surface area contributed by atoms with Crippen LogP contribution in [-0.2, 0) is 0 Å². The monoisotopic (exact) mass is 260 g/mol. The van der Waals surface area contributed by atoms with E-state index in [2.05, 4.69) is 15.0 Å². The van der Waals surface area contributed by atoms with Gasteiger partial charge in [0.2, 0.25) is 0 Å². The molecular weight excluding hydrogens is 248 g/mol. The predicted molar refractivity (Wildman–Crippen MR) is 74.3 cm³/mol. The first-order valence-corrected chi connectivity index (χ1v) is 5.81. The van der Waals surface area contributed by atoms with Gasteiger partial charge < -0.3 is 4.90 Å². The van der Waals surface area contributed by atoms with Gasteiger partial charge in [0.15, 0.2) is 5.82 Å². The molecule has 2 aromatic rings. The third-order valence-electron chi connectivity index (χ3n) is 2.26. The Morgan fingerprint density at radius 2 is 1.94 bits per heavy atom. The Hall–Kier alpha value is -1.94. The van der Waals surface area contributed by atoms with Crippen LogP contribution < -0.4 is 0 Å². The second-order valence-electron chi connectivity index (χ2n) is 3.98. The molecule has 0 aliphatic carbocycles. The van der Waals surface area contributed by atoms with Gasteiger partial charge in [0.25, 0.3) is 0 Å². The molecule has 18 heavy (non-hydrogen) atoms. The molecule has 0 fully saturated rings. The van der Waals surface area contributed by atoms with Gasteiger partial charge in [-0.1, -0.05) is 23.7 Å². The first-order valence-electron chi connectivity index (χ1n) is 5.43. The number of rotatable bonds is 3. The number of hydrogen-bond donors (Lipinski definition) is 0. The highest BCUT2D eigenvalue weighted by atomic mass is 35.5. The molecule has 0 bridgehead atoms. The average Bonchev–Trinajstić information content (AvgIpc) is 2.38. The summed E-state index contributed by atoms with van der Waals surface area (Å²) in [5.41, 5.74) is 1.87. The van der Waals surface area contributed by atoms with E-state index in [0.29, 0.717) is 10.8 Å². The molecule has 2 rings (SSSR count). The van der Waals surface area contributed by atoms with Gasteiger partial charge in [-0.2, -0.15) is 0 Å². The molecule has 0 saturated carbocycles. The van der Waals surface area contributed by atoms with Crippen molar-refractivity contribution in [1.82, 2.24) is 14.9 Å². The summed E-state index contributed by atoms with van der Waals surface area (Å²) < 4.78 is 0. The third-order valence-corrected chi connectivity index (χ3v) is 2.51. The van der Waals surface area contributed by atoms with Crippen LogP contribution >= 0.6 is 11.6 Å². The minimum atomic E-state index is 0.640. The fourth-order valence-electron chi connectivity index (χ4n) is 1.43. The molecule has 4 nitrogen and oxygen atoms in total. The number of nitrogens with zero attached hydrogens (tertiary/aromatic N) is 4. The van der Waals surface area contributed by atoms with Crippen molar-refractivity contribution in [2.75, 3.05) is 14.1 Å². The SMILES string of the molecule is CN(C)C=Nc1ncncc1-c1ccc(Cl)cc1. The van der Waals surface area contributed by atoms with E-state index in [4.69, 9.17) is 11.6 Å². The highest BCUT2D eigenvalue weighted by Gasteiger charge is 2.05. The molecule has 1 heterocycles. The van der Waals surface area contributed by atoms with Crippen LogP contribution in [0.3, 0.4) is 0 Å². The van der Waals surface area contributed by atoms with E-state index in [1.54, 1.807) is 12.5 Å². The molecule has 0 unspecified atom stereocenters. The Balaban J connectivity index is 2.41. The van der Waals surface area contributed by atoms with Crippen molar-refractivity contribution in [2.24, 2.45) is 4.99 Å². The molecule has 0 amide bonds. The van der Waals surface area contributed by atoms with E-state index in [-0.39, 0.29) is 0 Å². The molecule has 0 spiro atoms. The van der Waals surface area contributed by atoms with Crippen molar-refractivity contribution >= 4 is 23.8 Å². The van der Waals surface area contributed by atoms with E-state index in [1.165, 1.54) is 6.33 Å². The van der Waals surface area contributed by atoms with Crippen molar-refractivity contribution in [3.05, 3.63) is 41.8 Å². The Bertz CT molecular complexity index is 549. The van der Waals surface area contributed by atoms with Gasteiger partial charge in [0.1, 0.15) is 6.33 Å². The number of aromatic nitrogens is 2. The Kier molecular flexibility index (Phi) is 3.89.